The lowest BCUT2D eigenvalue weighted by Gasteiger charge is -2.08. The fourth-order valence-corrected chi connectivity index (χ4v) is 2.96. The van der Waals surface area contributed by atoms with E-state index in [0.717, 1.165) is 30.3 Å². The second-order valence-corrected chi connectivity index (χ2v) is 6.18. The fourth-order valence-electron chi connectivity index (χ4n) is 2.28. The van der Waals surface area contributed by atoms with Crippen LogP contribution in [0.3, 0.4) is 0 Å². The number of nitrogens with zero attached hydrogens (tertiary/aromatic N) is 1. The van der Waals surface area contributed by atoms with E-state index in [4.69, 9.17) is 0 Å². The van der Waals surface area contributed by atoms with Gasteiger partial charge in [-0.2, -0.15) is 0 Å². The topological polar surface area (TPSA) is 74.8 Å². The minimum absolute atomic E-state index is 0.0360. The van der Waals surface area contributed by atoms with Gasteiger partial charge in [-0.3, -0.25) is 9.59 Å². The number of H-pyrrole nitrogens is 1. The van der Waals surface area contributed by atoms with Gasteiger partial charge in [-0.05, 0) is 25.0 Å². The van der Waals surface area contributed by atoms with E-state index in [-0.39, 0.29) is 22.9 Å². The molecule has 2 N–H and O–H groups in total. The summed E-state index contributed by atoms with van der Waals surface area (Å²) in [5, 5.41) is 2.91. The number of halogens is 1. The van der Waals surface area contributed by atoms with Gasteiger partial charge >= 0.3 is 0 Å². The van der Waals surface area contributed by atoms with Crippen molar-refractivity contribution in [2.45, 2.75) is 38.3 Å². The Balaban J connectivity index is 2.05. The zero-order chi connectivity index (χ0) is 17.5. The van der Waals surface area contributed by atoms with Crippen molar-refractivity contribution in [3.63, 3.8) is 0 Å². The summed E-state index contributed by atoms with van der Waals surface area (Å²) in [4.78, 5) is 31.2. The highest BCUT2D eigenvalue weighted by molar-refractivity contribution is 7.99. The van der Waals surface area contributed by atoms with Crippen LogP contribution in [-0.4, -0.2) is 21.6 Å². The molecule has 0 aliphatic carbocycles. The lowest BCUT2D eigenvalue weighted by atomic mass is 10.1. The van der Waals surface area contributed by atoms with Crippen LogP contribution in [0.15, 0.2) is 34.2 Å². The summed E-state index contributed by atoms with van der Waals surface area (Å²) in [7, 11) is 0. The van der Waals surface area contributed by atoms with Crippen LogP contribution in [0.4, 0.5) is 10.1 Å². The first-order chi connectivity index (χ1) is 11.5. The molecule has 0 bridgehead atoms. The Morgan fingerprint density at radius 3 is 2.75 bits per heavy atom. The SMILES string of the molecule is CCCc1nc(SCC(=O)Nc2ccccc2F)[nH]c(=O)c1CC. The molecule has 2 rings (SSSR count). The standard InChI is InChI=1S/C17H20FN3O2S/c1-3-7-13-11(4-2)16(23)21-17(20-13)24-10-15(22)19-14-9-6-5-8-12(14)18/h5-6,8-9H,3-4,7,10H2,1-2H3,(H,19,22)(H,20,21,23). The van der Waals surface area contributed by atoms with Gasteiger partial charge in [0, 0.05) is 5.56 Å². The number of nitrogens with one attached hydrogen (secondary N) is 2. The number of amides is 1. The predicted octanol–water partition coefficient (Wildman–Crippen LogP) is 3.15. The van der Waals surface area contributed by atoms with Crippen LogP contribution in [0, 0.1) is 5.82 Å². The number of benzene rings is 1. The Morgan fingerprint density at radius 2 is 2.08 bits per heavy atom. The first kappa shape index (κ1) is 18.2. The third kappa shape index (κ3) is 4.67. The Labute approximate surface area is 144 Å². The van der Waals surface area contributed by atoms with Gasteiger partial charge in [-0.25, -0.2) is 9.37 Å². The van der Waals surface area contributed by atoms with Gasteiger partial charge < -0.3 is 10.3 Å². The second kappa shape index (κ2) is 8.63. The molecule has 24 heavy (non-hydrogen) atoms. The van der Waals surface area contributed by atoms with Crippen LogP contribution >= 0.6 is 11.8 Å². The zero-order valence-electron chi connectivity index (χ0n) is 13.7. The van der Waals surface area contributed by atoms with Gasteiger partial charge in [0.15, 0.2) is 5.16 Å². The van der Waals surface area contributed by atoms with Crippen LogP contribution in [0.2, 0.25) is 0 Å². The number of aromatic amines is 1. The average Bonchev–Trinajstić information content (AvgIpc) is 2.55. The number of rotatable bonds is 7. The Morgan fingerprint density at radius 1 is 1.33 bits per heavy atom. The van der Waals surface area contributed by atoms with Crippen LogP contribution in [0.1, 0.15) is 31.5 Å². The van der Waals surface area contributed by atoms with E-state index < -0.39 is 5.82 Å². The molecule has 0 spiro atoms. The summed E-state index contributed by atoms with van der Waals surface area (Å²) in [6.45, 7) is 3.94. The van der Waals surface area contributed by atoms with Crippen LogP contribution in [0.25, 0.3) is 0 Å². The molecule has 2 aromatic rings. The van der Waals surface area contributed by atoms with Crippen LogP contribution < -0.4 is 10.9 Å². The summed E-state index contributed by atoms with van der Waals surface area (Å²) in [5.74, 6) is -0.807. The van der Waals surface area contributed by atoms with Crippen molar-refractivity contribution < 1.29 is 9.18 Å². The molecule has 0 aliphatic heterocycles. The highest BCUT2D eigenvalue weighted by Gasteiger charge is 2.12. The number of anilines is 1. The minimum atomic E-state index is -0.486. The van der Waals surface area contributed by atoms with E-state index in [2.05, 4.69) is 15.3 Å². The Bertz CT molecular complexity index is 777. The number of thioether (sulfide) groups is 1. The fraction of sp³-hybridized carbons (Fsp3) is 0.353. The van der Waals surface area contributed by atoms with Crippen molar-refractivity contribution in [3.05, 3.63) is 51.7 Å². The predicted molar refractivity (Wildman–Crippen MR) is 94.0 cm³/mol. The summed E-state index contributed by atoms with van der Waals surface area (Å²) in [5.41, 5.74) is 1.45. The van der Waals surface area contributed by atoms with E-state index in [1.807, 2.05) is 13.8 Å². The van der Waals surface area contributed by atoms with Crippen molar-refractivity contribution in [2.75, 3.05) is 11.1 Å². The smallest absolute Gasteiger partial charge is 0.254 e. The molecular formula is C17H20FN3O2S. The summed E-state index contributed by atoms with van der Waals surface area (Å²) in [6, 6.07) is 5.97. The van der Waals surface area contributed by atoms with E-state index in [1.165, 1.54) is 12.1 Å². The quantitative estimate of drug-likeness (QED) is 0.595. The number of aromatic nitrogens is 2. The Hall–Kier alpha value is -2.15. The van der Waals surface area contributed by atoms with E-state index in [9.17, 15) is 14.0 Å². The molecule has 0 atom stereocenters. The van der Waals surface area contributed by atoms with Gasteiger partial charge in [0.05, 0.1) is 17.1 Å². The number of aryl methyl sites for hydroxylation is 1. The highest BCUT2D eigenvalue weighted by atomic mass is 32.2. The van der Waals surface area contributed by atoms with Gasteiger partial charge in [-0.15, -0.1) is 0 Å². The molecule has 0 saturated heterocycles. The molecule has 1 amide bonds. The molecule has 0 aliphatic rings. The Kier molecular flexibility index (Phi) is 6.54. The molecular weight excluding hydrogens is 329 g/mol. The third-order valence-corrected chi connectivity index (χ3v) is 4.28. The highest BCUT2D eigenvalue weighted by Crippen LogP contribution is 2.16. The molecule has 128 valence electrons. The molecule has 0 unspecified atom stereocenters. The van der Waals surface area contributed by atoms with Crippen molar-refractivity contribution in [1.82, 2.24) is 9.97 Å². The minimum Gasteiger partial charge on any atom is -0.323 e. The average molecular weight is 349 g/mol. The first-order valence-corrected chi connectivity index (χ1v) is 8.83. The molecule has 5 nitrogen and oxygen atoms in total. The first-order valence-electron chi connectivity index (χ1n) is 7.84. The molecule has 0 radical (unpaired) electrons. The maximum absolute atomic E-state index is 13.5. The lowest BCUT2D eigenvalue weighted by molar-refractivity contribution is -0.113. The number of hydrogen-bond acceptors (Lipinski definition) is 4. The number of carbonyl (C=O) groups excluding carboxylic acids is 1. The van der Waals surface area contributed by atoms with Gasteiger partial charge in [0.1, 0.15) is 5.82 Å². The number of carbonyl (C=O) groups is 1. The van der Waals surface area contributed by atoms with Gasteiger partial charge in [-0.1, -0.05) is 44.2 Å². The van der Waals surface area contributed by atoms with E-state index in [0.29, 0.717) is 17.1 Å². The maximum atomic E-state index is 13.5. The largest absolute Gasteiger partial charge is 0.323 e. The van der Waals surface area contributed by atoms with Crippen molar-refractivity contribution in [1.29, 1.82) is 0 Å². The number of hydrogen-bond donors (Lipinski definition) is 2. The molecule has 7 heteroatoms. The lowest BCUT2D eigenvalue weighted by Crippen LogP contribution is -2.19. The third-order valence-electron chi connectivity index (χ3n) is 3.41. The normalized spacial score (nSPS) is 10.6. The number of para-hydroxylation sites is 1. The van der Waals surface area contributed by atoms with Crippen LogP contribution in [-0.2, 0) is 17.6 Å². The molecule has 0 fully saturated rings. The molecule has 0 saturated carbocycles. The summed E-state index contributed by atoms with van der Waals surface area (Å²) in [6.07, 6.45) is 2.24. The molecule has 1 heterocycles. The maximum Gasteiger partial charge on any atom is 0.254 e. The van der Waals surface area contributed by atoms with Gasteiger partial charge in [0.2, 0.25) is 5.91 Å². The zero-order valence-corrected chi connectivity index (χ0v) is 14.5. The monoisotopic (exact) mass is 349 g/mol. The van der Waals surface area contributed by atoms with Crippen molar-refractivity contribution in [2.24, 2.45) is 0 Å². The van der Waals surface area contributed by atoms with Crippen LogP contribution in [0.5, 0.6) is 0 Å². The second-order valence-electron chi connectivity index (χ2n) is 5.22. The molecule has 1 aromatic heterocycles. The van der Waals surface area contributed by atoms with Crippen molar-refractivity contribution in [3.8, 4) is 0 Å². The van der Waals surface area contributed by atoms with Gasteiger partial charge in [0.25, 0.3) is 5.56 Å². The summed E-state index contributed by atoms with van der Waals surface area (Å²) < 4.78 is 13.5. The van der Waals surface area contributed by atoms with E-state index in [1.54, 1.807) is 12.1 Å². The van der Waals surface area contributed by atoms with E-state index >= 15 is 0 Å². The summed E-state index contributed by atoms with van der Waals surface area (Å²) >= 11 is 1.13. The van der Waals surface area contributed by atoms with Crippen molar-refractivity contribution >= 4 is 23.4 Å². The molecule has 1 aromatic carbocycles.